The Morgan fingerprint density at radius 1 is 1.29 bits per heavy atom. The Morgan fingerprint density at radius 2 is 1.96 bits per heavy atom. The van der Waals surface area contributed by atoms with E-state index in [9.17, 15) is 9.59 Å². The van der Waals surface area contributed by atoms with Crippen molar-refractivity contribution in [2.24, 2.45) is 5.73 Å². The van der Waals surface area contributed by atoms with Gasteiger partial charge in [-0.3, -0.25) is 4.79 Å². The highest BCUT2D eigenvalue weighted by molar-refractivity contribution is 6.67. The lowest BCUT2D eigenvalue weighted by Gasteiger charge is -2.26. The summed E-state index contributed by atoms with van der Waals surface area (Å²) in [5.41, 5.74) is 6.99. The van der Waals surface area contributed by atoms with Gasteiger partial charge in [-0.1, -0.05) is 65.1 Å². The summed E-state index contributed by atoms with van der Waals surface area (Å²) in [7, 11) is 0. The molecule has 1 aliphatic rings. The Morgan fingerprint density at radius 3 is 2.58 bits per heavy atom. The van der Waals surface area contributed by atoms with Crippen molar-refractivity contribution in [2.45, 2.75) is 35.1 Å². The van der Waals surface area contributed by atoms with E-state index in [0.29, 0.717) is 25.8 Å². The molecule has 1 fully saturated rings. The average molecular weight is 394 g/mol. The van der Waals surface area contributed by atoms with Gasteiger partial charge in [0.05, 0.1) is 6.04 Å². The number of halogens is 3. The third kappa shape index (κ3) is 5.52. The molecule has 1 amide bonds. The molecule has 1 aromatic rings. The van der Waals surface area contributed by atoms with E-state index in [4.69, 9.17) is 45.3 Å². The Balaban J connectivity index is 1.96. The number of nitrogens with two attached hydrogens (primary N) is 1. The fourth-order valence-corrected chi connectivity index (χ4v) is 2.86. The number of nitrogens with zero attached hydrogens (tertiary/aromatic N) is 1. The highest BCUT2D eigenvalue weighted by Gasteiger charge is 2.38. The molecule has 1 aliphatic heterocycles. The first-order valence-electron chi connectivity index (χ1n) is 7.61. The molecule has 5 nitrogen and oxygen atoms in total. The van der Waals surface area contributed by atoms with E-state index in [1.54, 1.807) is 0 Å². The van der Waals surface area contributed by atoms with E-state index >= 15 is 0 Å². The SMILES string of the molecule is N[C@H](Cc1ccccc1)C(=O)N1CCC[C@H]1C(=O)OCC(Cl)(Cl)Cl. The monoisotopic (exact) mass is 392 g/mol. The summed E-state index contributed by atoms with van der Waals surface area (Å²) in [4.78, 5) is 26.2. The van der Waals surface area contributed by atoms with Gasteiger partial charge in [0.2, 0.25) is 9.70 Å². The maximum absolute atomic E-state index is 12.6. The zero-order chi connectivity index (χ0) is 17.7. The van der Waals surface area contributed by atoms with Crippen LogP contribution in [0.25, 0.3) is 0 Å². The summed E-state index contributed by atoms with van der Waals surface area (Å²) in [5.74, 6) is -0.841. The first-order valence-corrected chi connectivity index (χ1v) is 8.74. The van der Waals surface area contributed by atoms with Gasteiger partial charge in [0.1, 0.15) is 12.6 Å². The summed E-state index contributed by atoms with van der Waals surface area (Å²) in [6.45, 7) is 0.111. The van der Waals surface area contributed by atoms with Crippen molar-refractivity contribution in [3.05, 3.63) is 35.9 Å². The average Bonchev–Trinajstić information content (AvgIpc) is 3.01. The van der Waals surface area contributed by atoms with Crippen LogP contribution < -0.4 is 5.73 Å². The number of amides is 1. The van der Waals surface area contributed by atoms with Crippen molar-refractivity contribution < 1.29 is 14.3 Å². The number of esters is 1. The maximum Gasteiger partial charge on any atom is 0.329 e. The molecule has 0 radical (unpaired) electrons. The molecule has 1 saturated heterocycles. The molecule has 0 spiro atoms. The van der Waals surface area contributed by atoms with Crippen molar-refractivity contribution in [3.63, 3.8) is 0 Å². The highest BCUT2D eigenvalue weighted by Crippen LogP contribution is 2.27. The zero-order valence-corrected chi connectivity index (χ0v) is 15.2. The Kier molecular flexibility index (Phi) is 6.75. The van der Waals surface area contributed by atoms with E-state index in [-0.39, 0.29) is 12.5 Å². The van der Waals surface area contributed by atoms with Crippen LogP contribution in [-0.2, 0) is 20.7 Å². The van der Waals surface area contributed by atoms with E-state index in [0.717, 1.165) is 5.56 Å². The number of hydrogen-bond donors (Lipinski definition) is 1. The fourth-order valence-electron chi connectivity index (χ4n) is 2.69. The van der Waals surface area contributed by atoms with E-state index in [2.05, 4.69) is 0 Å². The van der Waals surface area contributed by atoms with E-state index in [1.807, 2.05) is 30.3 Å². The Labute approximate surface area is 156 Å². The van der Waals surface area contributed by atoms with Gasteiger partial charge >= 0.3 is 5.97 Å². The number of carbonyl (C=O) groups excluding carboxylic acids is 2. The molecule has 0 aromatic heterocycles. The van der Waals surface area contributed by atoms with Gasteiger partial charge in [0, 0.05) is 6.54 Å². The van der Waals surface area contributed by atoms with Gasteiger partial charge in [-0.25, -0.2) is 4.79 Å². The number of likely N-dealkylation sites (tertiary alicyclic amines) is 1. The fraction of sp³-hybridized carbons (Fsp3) is 0.500. The van der Waals surface area contributed by atoms with Gasteiger partial charge in [-0.2, -0.15) is 0 Å². The summed E-state index contributed by atoms with van der Waals surface area (Å²) in [6, 6.07) is 8.10. The smallest absolute Gasteiger partial charge is 0.329 e. The van der Waals surface area contributed by atoms with Crippen molar-refractivity contribution in [1.29, 1.82) is 0 Å². The molecule has 1 aromatic carbocycles. The van der Waals surface area contributed by atoms with Gasteiger partial charge in [-0.05, 0) is 24.8 Å². The second-order valence-electron chi connectivity index (χ2n) is 5.71. The first-order chi connectivity index (χ1) is 11.3. The summed E-state index contributed by atoms with van der Waals surface area (Å²) in [6.07, 6.45) is 1.63. The molecule has 2 atom stereocenters. The summed E-state index contributed by atoms with van der Waals surface area (Å²) < 4.78 is 3.33. The minimum atomic E-state index is -1.67. The number of carbonyl (C=O) groups is 2. The second kappa shape index (κ2) is 8.39. The van der Waals surface area contributed by atoms with Crippen LogP contribution in [0.1, 0.15) is 18.4 Å². The predicted molar refractivity (Wildman–Crippen MR) is 94.1 cm³/mol. The van der Waals surface area contributed by atoms with Crippen LogP contribution in [0.15, 0.2) is 30.3 Å². The molecule has 1 heterocycles. The van der Waals surface area contributed by atoms with Gasteiger partial charge < -0.3 is 15.4 Å². The first kappa shape index (κ1) is 19.3. The number of hydrogen-bond acceptors (Lipinski definition) is 4. The third-order valence-electron chi connectivity index (χ3n) is 3.80. The standard InChI is InChI=1S/C16H19Cl3N2O3/c17-16(18,19)10-24-15(23)13-7-4-8-21(13)14(22)12(20)9-11-5-2-1-3-6-11/h1-3,5-6,12-13H,4,7-10,20H2/t12-,13+/m1/s1. The Hall–Kier alpha value is -1.01. The minimum Gasteiger partial charge on any atom is -0.460 e. The summed E-state index contributed by atoms with van der Waals surface area (Å²) in [5, 5.41) is 0. The predicted octanol–water partition coefficient (Wildman–Crippen LogP) is 2.46. The van der Waals surface area contributed by atoms with Crippen LogP contribution in [-0.4, -0.2) is 45.8 Å². The van der Waals surface area contributed by atoms with Crippen LogP contribution >= 0.6 is 34.8 Å². The van der Waals surface area contributed by atoms with Crippen molar-refractivity contribution in [2.75, 3.05) is 13.2 Å². The zero-order valence-electron chi connectivity index (χ0n) is 13.0. The topological polar surface area (TPSA) is 72.6 Å². The minimum absolute atomic E-state index is 0.271. The van der Waals surface area contributed by atoms with E-state index in [1.165, 1.54) is 4.90 Å². The van der Waals surface area contributed by atoms with Crippen molar-refractivity contribution in [3.8, 4) is 0 Å². The highest BCUT2D eigenvalue weighted by atomic mass is 35.6. The third-order valence-corrected chi connectivity index (χ3v) is 4.13. The maximum atomic E-state index is 12.6. The van der Waals surface area contributed by atoms with Crippen LogP contribution in [0.2, 0.25) is 0 Å². The molecular weight excluding hydrogens is 375 g/mol. The lowest BCUT2D eigenvalue weighted by atomic mass is 10.1. The number of ether oxygens (including phenoxy) is 1. The molecule has 0 bridgehead atoms. The van der Waals surface area contributed by atoms with Crippen LogP contribution in [0.3, 0.4) is 0 Å². The molecule has 2 N–H and O–H groups in total. The molecule has 2 rings (SSSR count). The van der Waals surface area contributed by atoms with Gasteiger partial charge in [0.25, 0.3) is 0 Å². The summed E-state index contributed by atoms with van der Waals surface area (Å²) >= 11 is 16.7. The number of alkyl halides is 3. The lowest BCUT2D eigenvalue weighted by Crippen LogP contribution is -2.49. The molecule has 0 saturated carbocycles. The number of benzene rings is 1. The van der Waals surface area contributed by atoms with Gasteiger partial charge in [-0.15, -0.1) is 0 Å². The van der Waals surface area contributed by atoms with Crippen LogP contribution in [0.5, 0.6) is 0 Å². The molecule has 0 aliphatic carbocycles. The molecule has 24 heavy (non-hydrogen) atoms. The van der Waals surface area contributed by atoms with Gasteiger partial charge in [0.15, 0.2) is 0 Å². The van der Waals surface area contributed by atoms with E-state index < -0.39 is 21.8 Å². The Bertz CT molecular complexity index is 578. The molecular formula is C16H19Cl3N2O3. The quantitative estimate of drug-likeness (QED) is 0.616. The normalized spacial score (nSPS) is 19.2. The van der Waals surface area contributed by atoms with Crippen LogP contribution in [0.4, 0.5) is 0 Å². The second-order valence-corrected chi connectivity index (χ2v) is 8.22. The molecule has 132 valence electrons. The lowest BCUT2D eigenvalue weighted by molar-refractivity contribution is -0.153. The molecule has 8 heteroatoms. The van der Waals surface area contributed by atoms with Crippen molar-refractivity contribution >= 4 is 46.7 Å². The number of rotatable bonds is 5. The van der Waals surface area contributed by atoms with Crippen LogP contribution in [0, 0.1) is 0 Å². The molecule has 0 unspecified atom stereocenters. The largest absolute Gasteiger partial charge is 0.460 e. The van der Waals surface area contributed by atoms with Crippen molar-refractivity contribution in [1.82, 2.24) is 4.90 Å².